The van der Waals surface area contributed by atoms with Crippen LogP contribution in [0, 0.1) is 12.7 Å². The molecule has 11 heteroatoms. The van der Waals surface area contributed by atoms with E-state index in [0.29, 0.717) is 17.0 Å². The van der Waals surface area contributed by atoms with Crippen LogP contribution in [0.4, 0.5) is 4.39 Å². The number of fused-ring (bicyclic) bond motifs is 1. The van der Waals surface area contributed by atoms with E-state index >= 15 is 0 Å². The lowest BCUT2D eigenvalue weighted by atomic mass is 10.1. The maximum atomic E-state index is 13.3. The highest BCUT2D eigenvalue weighted by Crippen LogP contribution is 2.25. The fraction of sp³-hybridized carbons (Fsp3) is 0.125. The predicted molar refractivity (Wildman–Crippen MR) is 126 cm³/mol. The SMILES string of the molecule is Cc1cccc(-c2noc(-c3cccn4c(=O)n(CC(=O)NCc5ccc(F)c(Cl)c5)nc34)n2)c1. The number of benzene rings is 2. The lowest BCUT2D eigenvalue weighted by Crippen LogP contribution is -2.32. The first-order valence-corrected chi connectivity index (χ1v) is 11.0. The van der Waals surface area contributed by atoms with Gasteiger partial charge in [0.05, 0.1) is 10.6 Å². The van der Waals surface area contributed by atoms with Crippen LogP contribution in [0.5, 0.6) is 0 Å². The number of halogens is 2. The van der Waals surface area contributed by atoms with E-state index in [-0.39, 0.29) is 29.7 Å². The Kier molecular flexibility index (Phi) is 5.87. The smallest absolute Gasteiger partial charge is 0.350 e. The molecule has 3 heterocycles. The average Bonchev–Trinajstić information content (AvgIpc) is 3.45. The van der Waals surface area contributed by atoms with Crippen molar-refractivity contribution in [3.63, 3.8) is 0 Å². The zero-order chi connectivity index (χ0) is 24.5. The first kappa shape index (κ1) is 22.5. The lowest BCUT2D eigenvalue weighted by molar-refractivity contribution is -0.122. The standard InChI is InChI=1S/C24H18ClFN6O3/c1-14-4-2-5-16(10-14)21-28-23(35-30-21)17-6-3-9-31-22(17)29-32(24(31)34)13-20(33)27-12-15-7-8-19(26)18(25)11-15/h2-11H,12-13H2,1H3,(H,27,33). The summed E-state index contributed by atoms with van der Waals surface area (Å²) >= 11 is 5.77. The number of pyridine rings is 1. The number of amides is 1. The Hall–Kier alpha value is -4.31. The summed E-state index contributed by atoms with van der Waals surface area (Å²) < 4.78 is 21.1. The van der Waals surface area contributed by atoms with Crippen molar-refractivity contribution in [2.45, 2.75) is 20.0 Å². The molecule has 3 aromatic heterocycles. The summed E-state index contributed by atoms with van der Waals surface area (Å²) in [6, 6.07) is 15.2. The molecule has 0 saturated heterocycles. The highest BCUT2D eigenvalue weighted by Gasteiger charge is 2.18. The van der Waals surface area contributed by atoms with Crippen molar-refractivity contribution in [2.24, 2.45) is 0 Å². The normalized spacial score (nSPS) is 11.2. The van der Waals surface area contributed by atoms with Crippen LogP contribution in [0.25, 0.3) is 28.5 Å². The molecule has 0 fully saturated rings. The molecule has 9 nitrogen and oxygen atoms in total. The molecule has 0 saturated carbocycles. The van der Waals surface area contributed by atoms with E-state index < -0.39 is 17.4 Å². The van der Waals surface area contributed by atoms with Gasteiger partial charge in [0.25, 0.3) is 5.89 Å². The number of carbonyl (C=O) groups excluding carboxylic acids is 1. The highest BCUT2D eigenvalue weighted by molar-refractivity contribution is 6.30. The van der Waals surface area contributed by atoms with E-state index in [9.17, 15) is 14.0 Å². The second-order valence-electron chi connectivity index (χ2n) is 7.87. The third kappa shape index (κ3) is 4.56. The third-order valence-electron chi connectivity index (χ3n) is 5.31. The molecule has 0 aliphatic carbocycles. The quantitative estimate of drug-likeness (QED) is 0.388. The van der Waals surface area contributed by atoms with E-state index in [2.05, 4.69) is 20.6 Å². The van der Waals surface area contributed by atoms with E-state index in [1.165, 1.54) is 22.6 Å². The number of hydrogen-bond acceptors (Lipinski definition) is 6. The molecule has 176 valence electrons. The van der Waals surface area contributed by atoms with Crippen molar-refractivity contribution in [3.8, 4) is 22.8 Å². The fourth-order valence-electron chi connectivity index (χ4n) is 3.58. The Bertz CT molecular complexity index is 1620. The molecule has 2 aromatic carbocycles. The minimum absolute atomic E-state index is 0.0348. The summed E-state index contributed by atoms with van der Waals surface area (Å²) in [6.45, 7) is 1.78. The zero-order valence-corrected chi connectivity index (χ0v) is 19.2. The molecule has 0 bridgehead atoms. The summed E-state index contributed by atoms with van der Waals surface area (Å²) in [5, 5.41) is 11.0. The number of rotatable bonds is 6. The van der Waals surface area contributed by atoms with Crippen molar-refractivity contribution in [1.82, 2.24) is 29.6 Å². The molecule has 0 aliphatic rings. The van der Waals surface area contributed by atoms with Crippen LogP contribution in [-0.2, 0) is 17.9 Å². The van der Waals surface area contributed by atoms with Crippen LogP contribution in [0.2, 0.25) is 5.02 Å². The third-order valence-corrected chi connectivity index (χ3v) is 5.60. The maximum Gasteiger partial charge on any atom is 0.350 e. The van der Waals surface area contributed by atoms with Gasteiger partial charge in [0.15, 0.2) is 5.65 Å². The summed E-state index contributed by atoms with van der Waals surface area (Å²) in [5.74, 6) is -0.382. The first-order chi connectivity index (χ1) is 16.9. The van der Waals surface area contributed by atoms with Gasteiger partial charge >= 0.3 is 5.69 Å². The number of nitrogens with zero attached hydrogens (tertiary/aromatic N) is 5. The van der Waals surface area contributed by atoms with E-state index in [4.69, 9.17) is 16.1 Å². The molecular formula is C24H18ClFN6O3. The van der Waals surface area contributed by atoms with Crippen molar-refractivity contribution in [3.05, 3.63) is 93.2 Å². The Morgan fingerprint density at radius 3 is 2.83 bits per heavy atom. The number of hydrogen-bond donors (Lipinski definition) is 1. The van der Waals surface area contributed by atoms with Gasteiger partial charge in [-0.3, -0.25) is 4.79 Å². The lowest BCUT2D eigenvalue weighted by Gasteiger charge is -2.05. The van der Waals surface area contributed by atoms with Gasteiger partial charge in [-0.05, 0) is 42.8 Å². The van der Waals surface area contributed by atoms with Crippen LogP contribution in [0.15, 0.2) is 70.1 Å². The Labute approximate surface area is 202 Å². The number of aromatic nitrogens is 5. The largest absolute Gasteiger partial charge is 0.350 e. The molecule has 5 aromatic rings. The van der Waals surface area contributed by atoms with Gasteiger partial charge in [0.2, 0.25) is 11.7 Å². The monoisotopic (exact) mass is 492 g/mol. The van der Waals surface area contributed by atoms with E-state index in [0.717, 1.165) is 15.8 Å². The number of nitrogens with one attached hydrogen (secondary N) is 1. The molecule has 5 rings (SSSR count). The van der Waals surface area contributed by atoms with Gasteiger partial charge in [0.1, 0.15) is 12.4 Å². The van der Waals surface area contributed by atoms with Gasteiger partial charge in [0, 0.05) is 18.3 Å². The molecule has 1 amide bonds. The summed E-state index contributed by atoms with van der Waals surface area (Å²) in [6.07, 6.45) is 1.54. The summed E-state index contributed by atoms with van der Waals surface area (Å²) in [5.41, 5.74) is 2.71. The molecule has 35 heavy (non-hydrogen) atoms. The molecule has 0 atom stereocenters. The molecule has 0 radical (unpaired) electrons. The minimum Gasteiger partial charge on any atom is -0.350 e. The second-order valence-corrected chi connectivity index (χ2v) is 8.28. The van der Waals surface area contributed by atoms with Crippen LogP contribution < -0.4 is 11.0 Å². The molecule has 0 unspecified atom stereocenters. The van der Waals surface area contributed by atoms with Gasteiger partial charge in [-0.25, -0.2) is 18.3 Å². The number of carbonyl (C=O) groups is 1. The highest BCUT2D eigenvalue weighted by atomic mass is 35.5. The van der Waals surface area contributed by atoms with Crippen LogP contribution >= 0.6 is 11.6 Å². The van der Waals surface area contributed by atoms with Crippen LogP contribution in [-0.4, -0.2) is 30.2 Å². The van der Waals surface area contributed by atoms with Gasteiger partial charge in [-0.15, -0.1) is 5.10 Å². The van der Waals surface area contributed by atoms with Crippen LogP contribution in [0.3, 0.4) is 0 Å². The first-order valence-electron chi connectivity index (χ1n) is 10.6. The van der Waals surface area contributed by atoms with Crippen LogP contribution in [0.1, 0.15) is 11.1 Å². The average molecular weight is 493 g/mol. The van der Waals surface area contributed by atoms with Crippen molar-refractivity contribution >= 4 is 23.2 Å². The molecular weight excluding hydrogens is 475 g/mol. The Morgan fingerprint density at radius 2 is 2.03 bits per heavy atom. The molecule has 0 aliphatic heterocycles. The number of aryl methyl sites for hydroxylation is 1. The predicted octanol–water partition coefficient (Wildman–Crippen LogP) is 3.63. The minimum atomic E-state index is -0.541. The molecule has 1 N–H and O–H groups in total. The maximum absolute atomic E-state index is 13.3. The summed E-state index contributed by atoms with van der Waals surface area (Å²) in [7, 11) is 0. The van der Waals surface area contributed by atoms with Gasteiger partial charge in [-0.2, -0.15) is 4.98 Å². The second kappa shape index (κ2) is 9.15. The van der Waals surface area contributed by atoms with Crippen molar-refractivity contribution < 1.29 is 13.7 Å². The zero-order valence-electron chi connectivity index (χ0n) is 18.4. The fourth-order valence-corrected chi connectivity index (χ4v) is 3.79. The summed E-state index contributed by atoms with van der Waals surface area (Å²) in [4.78, 5) is 29.7. The molecule has 0 spiro atoms. The Balaban J connectivity index is 1.38. The van der Waals surface area contributed by atoms with E-state index in [1.807, 2.05) is 31.2 Å². The van der Waals surface area contributed by atoms with E-state index in [1.54, 1.807) is 18.3 Å². The van der Waals surface area contributed by atoms with Gasteiger partial charge in [-0.1, -0.05) is 46.6 Å². The topological polar surface area (TPSA) is 107 Å². The van der Waals surface area contributed by atoms with Crippen molar-refractivity contribution in [1.29, 1.82) is 0 Å². The Morgan fingerprint density at radius 1 is 1.17 bits per heavy atom. The van der Waals surface area contributed by atoms with Gasteiger partial charge < -0.3 is 9.84 Å². The van der Waals surface area contributed by atoms with Crippen molar-refractivity contribution in [2.75, 3.05) is 0 Å².